The first-order valence-corrected chi connectivity index (χ1v) is 10.1. The number of carbonyl (C=O) groups excluding carboxylic acids is 1. The van der Waals surface area contributed by atoms with Crippen LogP contribution in [0.4, 0.5) is 23.2 Å². The Labute approximate surface area is 184 Å². The largest absolute Gasteiger partial charge is 0.436 e. The van der Waals surface area contributed by atoms with Crippen molar-refractivity contribution in [1.82, 2.24) is 19.6 Å². The van der Waals surface area contributed by atoms with E-state index in [4.69, 9.17) is 0 Å². The van der Waals surface area contributed by atoms with E-state index >= 15 is 0 Å². The quantitative estimate of drug-likeness (QED) is 0.483. The van der Waals surface area contributed by atoms with Gasteiger partial charge >= 0.3 is 6.18 Å². The molecule has 31 heavy (non-hydrogen) atoms. The predicted molar refractivity (Wildman–Crippen MR) is 110 cm³/mol. The van der Waals surface area contributed by atoms with Gasteiger partial charge in [0.2, 0.25) is 5.91 Å². The van der Waals surface area contributed by atoms with E-state index in [-0.39, 0.29) is 34.9 Å². The summed E-state index contributed by atoms with van der Waals surface area (Å²) in [6.45, 7) is 5.33. The van der Waals surface area contributed by atoms with Crippen molar-refractivity contribution < 1.29 is 22.4 Å². The van der Waals surface area contributed by atoms with Gasteiger partial charge in [0.05, 0.1) is 40.3 Å². The molecule has 0 radical (unpaired) electrons. The highest BCUT2D eigenvalue weighted by molar-refractivity contribution is 9.10. The summed E-state index contributed by atoms with van der Waals surface area (Å²) in [7, 11) is 0. The minimum atomic E-state index is -4.58. The number of halogens is 5. The first kappa shape index (κ1) is 23.0. The van der Waals surface area contributed by atoms with Crippen LogP contribution in [-0.2, 0) is 24.1 Å². The van der Waals surface area contributed by atoms with Crippen molar-refractivity contribution in [1.29, 1.82) is 0 Å². The zero-order chi connectivity index (χ0) is 22.9. The third kappa shape index (κ3) is 5.15. The molecule has 0 atom stereocenters. The number of hydrogen-bond acceptors (Lipinski definition) is 3. The number of carbonyl (C=O) groups is 1. The van der Waals surface area contributed by atoms with Gasteiger partial charge in [-0.05, 0) is 54.4 Å². The summed E-state index contributed by atoms with van der Waals surface area (Å²) in [6.07, 6.45) is -4.65. The lowest BCUT2D eigenvalue weighted by atomic mass is 10.2. The average Bonchev–Trinajstić information content (AvgIpc) is 3.11. The van der Waals surface area contributed by atoms with Crippen LogP contribution in [0.25, 0.3) is 0 Å². The van der Waals surface area contributed by atoms with Crippen molar-refractivity contribution in [2.45, 2.75) is 46.5 Å². The lowest BCUT2D eigenvalue weighted by Gasteiger charge is -2.08. The number of hydrogen-bond donors (Lipinski definition) is 1. The topological polar surface area (TPSA) is 64.7 Å². The Morgan fingerprint density at radius 1 is 1.13 bits per heavy atom. The SMILES string of the molecule is Cc1nn(Cc2cccc(F)c2)c(C)c1NC(=O)CCn1nc(C(F)(F)F)c(Br)c1C. The first-order chi connectivity index (χ1) is 14.5. The van der Waals surface area contributed by atoms with Gasteiger partial charge in [-0.1, -0.05) is 12.1 Å². The number of nitrogens with zero attached hydrogens (tertiary/aromatic N) is 4. The predicted octanol–water partition coefficient (Wildman–Crippen LogP) is 5.00. The maximum Gasteiger partial charge on any atom is 0.436 e. The number of nitrogens with one attached hydrogen (secondary N) is 1. The molecule has 1 aromatic carbocycles. The number of amides is 1. The lowest BCUT2D eigenvalue weighted by Crippen LogP contribution is -2.17. The van der Waals surface area contributed by atoms with Crippen molar-refractivity contribution >= 4 is 27.5 Å². The van der Waals surface area contributed by atoms with Crippen LogP contribution in [0.1, 0.15) is 34.8 Å². The summed E-state index contributed by atoms with van der Waals surface area (Å²) >= 11 is 2.91. The van der Waals surface area contributed by atoms with E-state index in [2.05, 4.69) is 31.4 Å². The number of aryl methyl sites for hydroxylation is 2. The fraction of sp³-hybridized carbons (Fsp3) is 0.350. The van der Waals surface area contributed by atoms with Gasteiger partial charge in [-0.2, -0.15) is 23.4 Å². The fourth-order valence-electron chi connectivity index (χ4n) is 3.17. The molecule has 1 amide bonds. The summed E-state index contributed by atoms with van der Waals surface area (Å²) < 4.78 is 55.0. The van der Waals surface area contributed by atoms with Gasteiger partial charge in [-0.25, -0.2) is 4.39 Å². The Morgan fingerprint density at radius 2 is 1.84 bits per heavy atom. The summed E-state index contributed by atoms with van der Waals surface area (Å²) in [6, 6.07) is 6.15. The van der Waals surface area contributed by atoms with Crippen LogP contribution < -0.4 is 5.32 Å². The molecule has 166 valence electrons. The molecule has 3 rings (SSSR count). The molecular weight excluding hydrogens is 482 g/mol. The van der Waals surface area contributed by atoms with Crippen LogP contribution in [0.2, 0.25) is 0 Å². The molecule has 0 saturated heterocycles. The number of rotatable bonds is 6. The van der Waals surface area contributed by atoms with Crippen molar-refractivity contribution in [2.75, 3.05) is 5.32 Å². The van der Waals surface area contributed by atoms with Gasteiger partial charge in [0, 0.05) is 6.42 Å². The van der Waals surface area contributed by atoms with E-state index in [1.165, 1.54) is 19.1 Å². The second-order valence-electron chi connectivity index (χ2n) is 7.10. The first-order valence-electron chi connectivity index (χ1n) is 9.35. The van der Waals surface area contributed by atoms with Crippen LogP contribution in [0.5, 0.6) is 0 Å². The number of aromatic nitrogens is 4. The second-order valence-corrected chi connectivity index (χ2v) is 7.89. The molecule has 0 bridgehead atoms. The third-order valence-electron chi connectivity index (χ3n) is 4.82. The number of benzene rings is 1. The van der Waals surface area contributed by atoms with Gasteiger partial charge in [0.25, 0.3) is 0 Å². The van der Waals surface area contributed by atoms with Gasteiger partial charge < -0.3 is 5.32 Å². The van der Waals surface area contributed by atoms with Crippen LogP contribution in [-0.4, -0.2) is 25.5 Å². The van der Waals surface area contributed by atoms with E-state index in [0.29, 0.717) is 23.6 Å². The minimum absolute atomic E-state index is 0.0120. The Balaban J connectivity index is 1.68. The molecule has 3 aromatic rings. The van der Waals surface area contributed by atoms with Crippen LogP contribution in [0.15, 0.2) is 28.7 Å². The number of anilines is 1. The molecule has 1 N–H and O–H groups in total. The molecule has 0 fully saturated rings. The van der Waals surface area contributed by atoms with Crippen LogP contribution in [0, 0.1) is 26.6 Å². The molecule has 0 aliphatic rings. The standard InChI is InChI=1S/C20H20BrF4N5O/c1-11-18(13(3)30(27-11)10-14-5-4-6-15(22)9-14)26-16(31)7-8-29-12(2)17(21)19(28-29)20(23,24)25/h4-6,9H,7-8,10H2,1-3H3,(H,26,31). The van der Waals surface area contributed by atoms with E-state index < -0.39 is 11.9 Å². The second kappa shape index (κ2) is 8.81. The molecule has 11 heteroatoms. The van der Waals surface area contributed by atoms with E-state index in [1.807, 2.05) is 0 Å². The lowest BCUT2D eigenvalue weighted by molar-refractivity contribution is -0.142. The maximum atomic E-state index is 13.4. The summed E-state index contributed by atoms with van der Waals surface area (Å²) in [5.41, 5.74) is 1.79. The third-order valence-corrected chi connectivity index (χ3v) is 5.77. The Bertz CT molecular complexity index is 1120. The van der Waals surface area contributed by atoms with Crippen molar-refractivity contribution in [2.24, 2.45) is 0 Å². The van der Waals surface area contributed by atoms with Crippen LogP contribution in [0.3, 0.4) is 0 Å². The zero-order valence-electron chi connectivity index (χ0n) is 17.0. The van der Waals surface area contributed by atoms with Crippen molar-refractivity contribution in [3.63, 3.8) is 0 Å². The molecule has 2 aromatic heterocycles. The summed E-state index contributed by atoms with van der Waals surface area (Å²) in [4.78, 5) is 12.4. The molecule has 2 heterocycles. The Kier molecular flexibility index (Phi) is 6.54. The number of alkyl halides is 3. The van der Waals surface area contributed by atoms with E-state index in [0.717, 1.165) is 10.2 Å². The molecule has 0 saturated carbocycles. The molecule has 0 aliphatic carbocycles. The Morgan fingerprint density at radius 3 is 2.45 bits per heavy atom. The maximum absolute atomic E-state index is 13.4. The highest BCUT2D eigenvalue weighted by Gasteiger charge is 2.37. The average molecular weight is 502 g/mol. The van der Waals surface area contributed by atoms with Gasteiger partial charge in [-0.15, -0.1) is 0 Å². The summed E-state index contributed by atoms with van der Waals surface area (Å²) in [5.74, 6) is -0.724. The molecule has 0 unspecified atom stereocenters. The Hall–Kier alpha value is -2.69. The van der Waals surface area contributed by atoms with Gasteiger partial charge in [0.1, 0.15) is 5.82 Å². The van der Waals surface area contributed by atoms with E-state index in [1.54, 1.807) is 30.7 Å². The normalized spacial score (nSPS) is 11.7. The molecule has 0 aliphatic heterocycles. The highest BCUT2D eigenvalue weighted by atomic mass is 79.9. The summed E-state index contributed by atoms with van der Waals surface area (Å²) in [5, 5.41) is 10.7. The zero-order valence-corrected chi connectivity index (χ0v) is 18.6. The fourth-order valence-corrected chi connectivity index (χ4v) is 3.68. The van der Waals surface area contributed by atoms with Crippen LogP contribution >= 0.6 is 15.9 Å². The smallest absolute Gasteiger partial charge is 0.323 e. The molecular formula is C20H20BrF4N5O. The van der Waals surface area contributed by atoms with E-state index in [9.17, 15) is 22.4 Å². The minimum Gasteiger partial charge on any atom is -0.323 e. The van der Waals surface area contributed by atoms with Gasteiger partial charge in [0.15, 0.2) is 5.69 Å². The highest BCUT2D eigenvalue weighted by Crippen LogP contribution is 2.35. The molecule has 6 nitrogen and oxygen atoms in total. The van der Waals surface area contributed by atoms with Crippen molar-refractivity contribution in [3.8, 4) is 0 Å². The van der Waals surface area contributed by atoms with Gasteiger partial charge in [-0.3, -0.25) is 14.2 Å². The van der Waals surface area contributed by atoms with Crippen molar-refractivity contribution in [3.05, 3.63) is 62.9 Å². The monoisotopic (exact) mass is 501 g/mol. The molecule has 0 spiro atoms.